The molecule has 8 rings (SSSR count). The van der Waals surface area contributed by atoms with E-state index in [1.54, 1.807) is 111 Å². The largest absolute Gasteiger partial charge is 0.459 e. The minimum atomic E-state index is -2.07. The van der Waals surface area contributed by atoms with Crippen LogP contribution in [0.1, 0.15) is 113 Å². The molecule has 3 aliphatic heterocycles. The van der Waals surface area contributed by atoms with Crippen LogP contribution in [0.5, 0.6) is 0 Å². The number of imide groups is 1. The number of esters is 2. The minimum absolute atomic E-state index is 0.0555. The lowest BCUT2D eigenvalue weighted by atomic mass is 9.81. The first-order chi connectivity index (χ1) is 42.3. The van der Waals surface area contributed by atoms with Gasteiger partial charge in [-0.2, -0.15) is 0 Å². The van der Waals surface area contributed by atoms with E-state index in [0.717, 1.165) is 22.6 Å². The van der Waals surface area contributed by atoms with E-state index in [0.29, 0.717) is 62.3 Å². The normalized spacial score (nSPS) is 17.9. The second-order valence-electron chi connectivity index (χ2n) is 24.4. The molecule has 90 heavy (non-hydrogen) atoms. The molecule has 1 aliphatic carbocycles. The van der Waals surface area contributed by atoms with E-state index in [9.17, 15) is 63.0 Å². The Morgan fingerprint density at radius 1 is 0.856 bits per heavy atom. The van der Waals surface area contributed by atoms with Gasteiger partial charge in [-0.15, -0.1) is 0 Å². The van der Waals surface area contributed by atoms with Crippen molar-refractivity contribution in [1.29, 1.82) is 0 Å². The lowest BCUT2D eigenvalue weighted by molar-refractivity contribution is -0.172. The number of hydrogen-bond donors (Lipinski definition) is 7. The maximum absolute atomic E-state index is 15.6. The van der Waals surface area contributed by atoms with Gasteiger partial charge in [0.2, 0.25) is 29.5 Å². The summed E-state index contributed by atoms with van der Waals surface area (Å²) in [5.41, 5.74) is -0.148. The Balaban J connectivity index is 0.861. The molecule has 4 aromatic rings. The van der Waals surface area contributed by atoms with Crippen LogP contribution in [0.4, 0.5) is 9.18 Å². The number of rotatable bonds is 23. The van der Waals surface area contributed by atoms with E-state index in [1.807, 2.05) is 0 Å². The van der Waals surface area contributed by atoms with Gasteiger partial charge in [-0.3, -0.25) is 57.9 Å². The molecule has 1 unspecified atom stereocenters. The molecule has 0 bridgehead atoms. The number of ether oxygens (including phenoxy) is 4. The fraction of sp³-hybridized carbons (Fsp3) is 0.484. The molecule has 6 atom stereocenters. The third-order valence-electron chi connectivity index (χ3n) is 15.8. The average molecular weight is 1250 g/mol. The number of aliphatic hydroxyl groups is 2. The molecule has 27 nitrogen and oxygen atoms in total. The van der Waals surface area contributed by atoms with Crippen molar-refractivity contribution >= 4 is 70.3 Å². The molecule has 0 spiro atoms. The van der Waals surface area contributed by atoms with Gasteiger partial charge in [-0.1, -0.05) is 37.3 Å². The highest BCUT2D eigenvalue weighted by Gasteiger charge is 2.47. The number of nitrogens with zero attached hydrogens (tertiary/aromatic N) is 5. The standard InChI is InChI=1S/C62H75FN10O17/c1-11-62(86)38-22-43-53-36(27-72(43)57(83)37(38)30-87-58(62)84)52-42(18-17-35-32(2)39(63)23-40(69-53)51(35)52)70(10)56(82)33(3)88-31-67-46(75)25-65-54(80)41(21-34-15-13-12-14-16-34)68-47(76)26-64-45(74)24-66-55(81)44(73-48(77)19-20-49(73)78)28-71(59(85)90-61(7,8)9)29-50(79)89-60(4,5)6/h12-16,19-20,22-23,33,41-42,44,56,82,86H,11,17-18,21,24-31H2,1-10H3,(H,64,74)(H,65,80)(H,66,81)(H,67,75)(H,68,76)/t33-,41-,42-,44-,56?,62-/m0/s1. The van der Waals surface area contributed by atoms with Crippen molar-refractivity contribution in [3.8, 4) is 11.4 Å². The topological polar surface area (TPSA) is 353 Å². The summed E-state index contributed by atoms with van der Waals surface area (Å²) in [6.07, 6.45) is -0.826. The van der Waals surface area contributed by atoms with Crippen LogP contribution in [0, 0.1) is 12.7 Å². The van der Waals surface area contributed by atoms with E-state index in [1.165, 1.54) is 10.6 Å². The number of carbonyl (C=O) groups is 10. The number of aryl methyl sites for hydroxylation is 1. The highest BCUT2D eigenvalue weighted by molar-refractivity contribution is 6.15. The van der Waals surface area contributed by atoms with Gasteiger partial charge in [-0.25, -0.2) is 19.0 Å². The second kappa shape index (κ2) is 27.0. The molecule has 8 amide bonds. The van der Waals surface area contributed by atoms with Crippen molar-refractivity contribution in [1.82, 2.24) is 50.8 Å². The SMILES string of the molecule is CC[C@@]1(O)C(=O)OCc2c1cc1n(c2=O)Cc2c-1nc1cc(F)c(C)c3c1c2[C@@H](N(C)C(O)[C@H](C)OCNC(=O)CNC(=O)[C@H](Cc1ccccc1)NC(=O)CNC(=O)CNC(=O)[C@H](CN(CC(=O)OC(C)(C)C)C(=O)OC(C)(C)C)N1C(=O)C=CC1=O)CC3. The van der Waals surface area contributed by atoms with Gasteiger partial charge < -0.3 is 60.3 Å². The van der Waals surface area contributed by atoms with Gasteiger partial charge in [0.1, 0.15) is 55.2 Å². The molecule has 5 heterocycles. The number of aromatic nitrogens is 2. The van der Waals surface area contributed by atoms with Crippen LogP contribution in [0.15, 0.2) is 59.4 Å². The fourth-order valence-corrected chi connectivity index (χ4v) is 11.2. The Kier molecular flexibility index (Phi) is 20.1. The Morgan fingerprint density at radius 3 is 2.13 bits per heavy atom. The number of aliphatic hydroxyl groups excluding tert-OH is 1. The quantitative estimate of drug-likeness (QED) is 0.0209. The van der Waals surface area contributed by atoms with Crippen LogP contribution in [-0.2, 0) is 93.7 Å². The van der Waals surface area contributed by atoms with Gasteiger partial charge in [0, 0.05) is 47.2 Å². The zero-order chi connectivity index (χ0) is 65.9. The van der Waals surface area contributed by atoms with Crippen LogP contribution in [0.3, 0.4) is 0 Å². The van der Waals surface area contributed by atoms with Crippen LogP contribution in [0.25, 0.3) is 22.3 Å². The van der Waals surface area contributed by atoms with Crippen LogP contribution in [-0.4, -0.2) is 176 Å². The summed E-state index contributed by atoms with van der Waals surface area (Å²) in [5.74, 6) is -8.44. The van der Waals surface area contributed by atoms with E-state index in [4.69, 9.17) is 23.9 Å². The van der Waals surface area contributed by atoms with Gasteiger partial charge in [0.25, 0.3) is 17.4 Å². The molecule has 0 saturated heterocycles. The van der Waals surface area contributed by atoms with Gasteiger partial charge in [0.05, 0.1) is 61.3 Å². The van der Waals surface area contributed by atoms with Gasteiger partial charge in [0.15, 0.2) is 5.60 Å². The van der Waals surface area contributed by atoms with Crippen molar-refractivity contribution < 1.29 is 81.5 Å². The van der Waals surface area contributed by atoms with E-state index < -0.39 is 157 Å². The first kappa shape index (κ1) is 67.0. The molecule has 28 heteroatoms. The molecular formula is C62H75FN10O17. The van der Waals surface area contributed by atoms with Gasteiger partial charge in [-0.05, 0) is 110 Å². The number of amides is 8. The summed E-state index contributed by atoms with van der Waals surface area (Å²) in [4.78, 5) is 154. The summed E-state index contributed by atoms with van der Waals surface area (Å²) in [6.45, 7) is 10.0. The van der Waals surface area contributed by atoms with Crippen molar-refractivity contribution in [3.63, 3.8) is 0 Å². The number of halogens is 1. The monoisotopic (exact) mass is 1250 g/mol. The van der Waals surface area contributed by atoms with E-state index >= 15 is 4.39 Å². The Bertz CT molecular complexity index is 3640. The summed E-state index contributed by atoms with van der Waals surface area (Å²) in [7, 11) is 1.68. The van der Waals surface area contributed by atoms with Crippen LogP contribution < -0.4 is 32.1 Å². The molecule has 0 radical (unpaired) electrons. The van der Waals surface area contributed by atoms with E-state index in [-0.39, 0.29) is 37.1 Å². The third-order valence-corrected chi connectivity index (χ3v) is 15.8. The molecular weight excluding hydrogens is 1180 g/mol. The van der Waals surface area contributed by atoms with Crippen molar-refractivity contribution in [2.24, 2.45) is 0 Å². The molecule has 2 aromatic heterocycles. The van der Waals surface area contributed by atoms with E-state index in [2.05, 4.69) is 26.6 Å². The molecule has 4 aliphatic rings. The average Bonchev–Trinajstić information content (AvgIpc) is 1.48. The zero-order valence-electron chi connectivity index (χ0n) is 51.7. The fourth-order valence-electron chi connectivity index (χ4n) is 11.2. The van der Waals surface area contributed by atoms with Crippen molar-refractivity contribution in [2.75, 3.05) is 46.5 Å². The maximum atomic E-state index is 15.6. The summed E-state index contributed by atoms with van der Waals surface area (Å²) in [6, 6.07) is 7.87. The number of cyclic esters (lactones) is 1. The Labute approximate surface area is 517 Å². The smallest absolute Gasteiger partial charge is 0.410 e. The maximum Gasteiger partial charge on any atom is 0.410 e. The molecule has 0 saturated carbocycles. The number of fused-ring (bicyclic) bond motifs is 5. The minimum Gasteiger partial charge on any atom is -0.459 e. The molecule has 7 N–H and O–H groups in total. The number of nitrogens with one attached hydrogen (secondary N) is 5. The third kappa shape index (κ3) is 14.8. The molecule has 2 aromatic carbocycles. The number of benzene rings is 2. The first-order valence-electron chi connectivity index (χ1n) is 29.3. The summed E-state index contributed by atoms with van der Waals surface area (Å²) >= 11 is 0. The molecule has 0 fully saturated rings. The number of hydrogen-bond acceptors (Lipinski definition) is 19. The van der Waals surface area contributed by atoms with Crippen molar-refractivity contribution in [2.45, 2.75) is 148 Å². The lowest BCUT2D eigenvalue weighted by Gasteiger charge is -2.39. The first-order valence-corrected chi connectivity index (χ1v) is 29.3. The lowest BCUT2D eigenvalue weighted by Crippen LogP contribution is -2.57. The number of likely N-dealkylation sites (N-methyl/N-ethyl adjacent to an activating group) is 1. The second-order valence-corrected chi connectivity index (χ2v) is 24.4. The summed E-state index contributed by atoms with van der Waals surface area (Å²) < 4.78 is 39.0. The highest BCUT2D eigenvalue weighted by atomic mass is 19.1. The number of carbonyl (C=O) groups excluding carboxylic acids is 10. The number of pyridine rings is 2. The van der Waals surface area contributed by atoms with Gasteiger partial charge >= 0.3 is 18.0 Å². The predicted octanol–water partition coefficient (Wildman–Crippen LogP) is 1.19. The van der Waals surface area contributed by atoms with Crippen molar-refractivity contribution in [3.05, 3.63) is 110 Å². The zero-order valence-corrected chi connectivity index (χ0v) is 51.7. The van der Waals surface area contributed by atoms with Crippen LogP contribution >= 0.6 is 0 Å². The van der Waals surface area contributed by atoms with Crippen LogP contribution in [0.2, 0.25) is 0 Å². The summed E-state index contributed by atoms with van der Waals surface area (Å²) in [5, 5.41) is 36.2. The highest BCUT2D eigenvalue weighted by Crippen LogP contribution is 2.48. The Morgan fingerprint density at radius 2 is 1.49 bits per heavy atom. The Hall–Kier alpha value is -8.99. The molecule has 482 valence electrons. The predicted molar refractivity (Wildman–Crippen MR) is 317 cm³/mol.